The summed E-state index contributed by atoms with van der Waals surface area (Å²) in [5.74, 6) is 0.235. The molecule has 4 aliphatic rings. The van der Waals surface area contributed by atoms with E-state index in [-0.39, 0.29) is 36.4 Å². The van der Waals surface area contributed by atoms with Gasteiger partial charge in [0.2, 0.25) is 11.9 Å². The lowest BCUT2D eigenvalue weighted by molar-refractivity contribution is -0.159. The summed E-state index contributed by atoms with van der Waals surface area (Å²) in [6, 6.07) is -0.161. The van der Waals surface area contributed by atoms with Crippen molar-refractivity contribution in [3.8, 4) is 0 Å². The number of hydrogen-bond donors (Lipinski definition) is 3. The standard InChI is InChI=1S/C32H53N5O6/c1-32(2)26(27(38)37(32)29(39)34-25-17-10-5-11-18-25)19-12-20-33-28(35-30(40)42-21-23-13-6-3-7-14-23)36-31(41)43-22-24-15-8-4-9-16-24/h23-26H,3-22H2,1-2H3,(H,34,39)(H2,33,35,36,40,41). The number of guanidine groups is 1. The summed E-state index contributed by atoms with van der Waals surface area (Å²) in [6.07, 6.45) is 16.3. The number of carbonyl (C=O) groups excluding carboxylic acids is 4. The highest BCUT2D eigenvalue weighted by Crippen LogP contribution is 2.40. The van der Waals surface area contributed by atoms with Crippen molar-refractivity contribution >= 4 is 30.1 Å². The molecule has 3 saturated carbocycles. The molecule has 3 aliphatic carbocycles. The van der Waals surface area contributed by atoms with Gasteiger partial charge in [0.1, 0.15) is 0 Å². The van der Waals surface area contributed by atoms with Crippen molar-refractivity contribution < 1.29 is 28.7 Å². The first-order valence-corrected chi connectivity index (χ1v) is 16.8. The molecule has 0 aromatic carbocycles. The van der Waals surface area contributed by atoms with Gasteiger partial charge in [-0.1, -0.05) is 57.8 Å². The summed E-state index contributed by atoms with van der Waals surface area (Å²) in [5.41, 5.74) is -0.593. The monoisotopic (exact) mass is 603 g/mol. The normalized spacial score (nSPS) is 23.1. The van der Waals surface area contributed by atoms with E-state index in [0.29, 0.717) is 37.9 Å². The van der Waals surface area contributed by atoms with Crippen LogP contribution in [-0.2, 0) is 14.3 Å². The fraction of sp³-hybridized carbons (Fsp3) is 0.844. The molecule has 0 bridgehead atoms. The highest BCUT2D eigenvalue weighted by Gasteiger charge is 2.56. The maximum Gasteiger partial charge on any atom is 0.413 e. The van der Waals surface area contributed by atoms with Crippen molar-refractivity contribution in [1.82, 2.24) is 20.9 Å². The molecule has 5 amide bonds. The molecule has 0 spiro atoms. The molecule has 11 heteroatoms. The Morgan fingerprint density at radius 2 is 1.28 bits per heavy atom. The van der Waals surface area contributed by atoms with Crippen LogP contribution in [0.3, 0.4) is 0 Å². The molecule has 1 atom stereocenters. The van der Waals surface area contributed by atoms with Crippen molar-refractivity contribution in [2.24, 2.45) is 22.7 Å². The molecular weight excluding hydrogens is 550 g/mol. The third kappa shape index (κ3) is 9.83. The largest absolute Gasteiger partial charge is 0.449 e. The molecule has 0 aromatic heterocycles. The number of urea groups is 1. The molecule has 1 unspecified atom stereocenters. The predicted octanol–water partition coefficient (Wildman–Crippen LogP) is 6.01. The van der Waals surface area contributed by atoms with Gasteiger partial charge in [0.15, 0.2) is 0 Å². The lowest BCUT2D eigenvalue weighted by atomic mass is 9.73. The molecule has 0 aromatic rings. The van der Waals surface area contributed by atoms with E-state index < -0.39 is 17.7 Å². The van der Waals surface area contributed by atoms with E-state index in [0.717, 1.165) is 77.0 Å². The van der Waals surface area contributed by atoms with E-state index >= 15 is 0 Å². The van der Waals surface area contributed by atoms with Gasteiger partial charge in [-0.05, 0) is 77.0 Å². The minimum absolute atomic E-state index is 0.0185. The Bertz CT molecular complexity index is 945. The molecule has 11 nitrogen and oxygen atoms in total. The molecule has 4 fully saturated rings. The van der Waals surface area contributed by atoms with Crippen molar-refractivity contribution in [3.05, 3.63) is 0 Å². The molecule has 1 heterocycles. The van der Waals surface area contributed by atoms with Crippen molar-refractivity contribution in [2.45, 2.75) is 135 Å². The van der Waals surface area contributed by atoms with Gasteiger partial charge in [-0.3, -0.25) is 25.3 Å². The first kappa shape index (κ1) is 33.1. The van der Waals surface area contributed by atoms with Crippen LogP contribution in [0.1, 0.15) is 123 Å². The number of hydrogen-bond acceptors (Lipinski definition) is 7. The molecule has 1 saturated heterocycles. The number of β-lactam (4-membered cyclic amide) rings is 1. The zero-order valence-electron chi connectivity index (χ0n) is 26.3. The summed E-state index contributed by atoms with van der Waals surface area (Å²) < 4.78 is 10.9. The molecule has 242 valence electrons. The van der Waals surface area contributed by atoms with E-state index in [4.69, 9.17) is 9.47 Å². The number of amides is 5. The van der Waals surface area contributed by atoms with Crippen LogP contribution in [0.5, 0.6) is 0 Å². The Kier molecular flexibility index (Phi) is 12.5. The number of carbonyl (C=O) groups is 4. The summed E-state index contributed by atoms with van der Waals surface area (Å²) in [7, 11) is 0. The average Bonchev–Trinajstić information content (AvgIpc) is 3.00. The number of aliphatic imine (C=N–C) groups is 1. The van der Waals surface area contributed by atoms with Crippen molar-refractivity contribution in [2.75, 3.05) is 19.8 Å². The average molecular weight is 604 g/mol. The molecule has 0 radical (unpaired) electrons. The van der Waals surface area contributed by atoms with E-state index in [1.165, 1.54) is 24.2 Å². The van der Waals surface area contributed by atoms with Crippen LogP contribution in [0.4, 0.5) is 14.4 Å². The lowest BCUT2D eigenvalue weighted by Crippen LogP contribution is -2.71. The second-order valence-electron chi connectivity index (χ2n) is 13.5. The van der Waals surface area contributed by atoms with Crippen LogP contribution in [0.15, 0.2) is 4.99 Å². The van der Waals surface area contributed by atoms with Crippen LogP contribution in [-0.4, -0.2) is 66.3 Å². The number of rotatable bonds is 9. The van der Waals surface area contributed by atoms with Crippen molar-refractivity contribution in [3.63, 3.8) is 0 Å². The Balaban J connectivity index is 1.25. The maximum atomic E-state index is 13.0. The quantitative estimate of drug-likeness (QED) is 0.128. The first-order valence-electron chi connectivity index (χ1n) is 16.8. The Hall–Kier alpha value is -2.85. The number of imide groups is 1. The minimum Gasteiger partial charge on any atom is -0.449 e. The SMILES string of the molecule is CC1(C)C(CCCN=C(NC(=O)OCC2CCCCC2)NC(=O)OCC2CCCCC2)C(=O)N1C(=O)NC1CCCCC1. The molecular formula is C32H53N5O6. The molecule has 3 N–H and O–H groups in total. The summed E-state index contributed by atoms with van der Waals surface area (Å²) in [5, 5.41) is 8.20. The molecule has 4 rings (SSSR count). The van der Waals surface area contributed by atoms with Crippen LogP contribution in [0.2, 0.25) is 0 Å². The second-order valence-corrected chi connectivity index (χ2v) is 13.5. The van der Waals surface area contributed by atoms with Crippen LogP contribution in [0.25, 0.3) is 0 Å². The van der Waals surface area contributed by atoms with Gasteiger partial charge in [-0.2, -0.15) is 0 Å². The third-order valence-electron chi connectivity index (χ3n) is 9.79. The third-order valence-corrected chi connectivity index (χ3v) is 9.79. The highest BCUT2D eigenvalue weighted by molar-refractivity contribution is 6.03. The molecule has 43 heavy (non-hydrogen) atoms. The van der Waals surface area contributed by atoms with Crippen LogP contribution < -0.4 is 16.0 Å². The van der Waals surface area contributed by atoms with Gasteiger partial charge in [-0.15, -0.1) is 0 Å². The topological polar surface area (TPSA) is 138 Å². The summed E-state index contributed by atoms with van der Waals surface area (Å²) in [6.45, 7) is 4.79. The van der Waals surface area contributed by atoms with Gasteiger partial charge in [0.05, 0.1) is 24.7 Å². The fourth-order valence-corrected chi connectivity index (χ4v) is 7.11. The van der Waals surface area contributed by atoms with Gasteiger partial charge in [0, 0.05) is 12.6 Å². The van der Waals surface area contributed by atoms with E-state index in [1.54, 1.807) is 0 Å². The van der Waals surface area contributed by atoms with Crippen molar-refractivity contribution in [1.29, 1.82) is 0 Å². The van der Waals surface area contributed by atoms with Gasteiger partial charge >= 0.3 is 18.2 Å². The van der Waals surface area contributed by atoms with Crippen LogP contribution in [0, 0.1) is 17.8 Å². The second kappa shape index (κ2) is 16.3. The number of nitrogens with one attached hydrogen (secondary N) is 3. The lowest BCUT2D eigenvalue weighted by Gasteiger charge is -2.52. The Morgan fingerprint density at radius 3 is 1.77 bits per heavy atom. The van der Waals surface area contributed by atoms with E-state index in [2.05, 4.69) is 20.9 Å². The Labute approximate surface area is 256 Å². The van der Waals surface area contributed by atoms with E-state index in [9.17, 15) is 19.2 Å². The summed E-state index contributed by atoms with van der Waals surface area (Å²) >= 11 is 0. The number of nitrogens with zero attached hydrogens (tertiary/aromatic N) is 2. The van der Waals surface area contributed by atoms with Gasteiger partial charge in [-0.25, -0.2) is 14.4 Å². The number of alkyl carbamates (subject to hydrolysis) is 2. The summed E-state index contributed by atoms with van der Waals surface area (Å²) in [4.78, 5) is 56.7. The van der Waals surface area contributed by atoms with E-state index in [1.807, 2.05) is 13.8 Å². The first-order chi connectivity index (χ1) is 20.7. The predicted molar refractivity (Wildman–Crippen MR) is 163 cm³/mol. The fourth-order valence-electron chi connectivity index (χ4n) is 7.11. The minimum atomic E-state index is -0.660. The van der Waals surface area contributed by atoms with Gasteiger partial charge < -0.3 is 14.8 Å². The zero-order valence-corrected chi connectivity index (χ0v) is 26.3. The number of ether oxygens (including phenoxy) is 2. The Morgan fingerprint density at radius 1 is 0.791 bits per heavy atom. The molecule has 1 aliphatic heterocycles. The smallest absolute Gasteiger partial charge is 0.413 e. The van der Waals surface area contributed by atoms with Gasteiger partial charge in [0.25, 0.3) is 0 Å². The van der Waals surface area contributed by atoms with Crippen LogP contribution >= 0.6 is 0 Å². The zero-order chi connectivity index (χ0) is 30.7. The highest BCUT2D eigenvalue weighted by atomic mass is 16.6. The maximum absolute atomic E-state index is 13.0. The number of likely N-dealkylation sites (tertiary alicyclic amines) is 1.